The monoisotopic (exact) mass is 295 g/mol. The molecule has 1 N–H and O–H groups in total. The molecule has 4 nitrogen and oxygen atoms in total. The standard InChI is InChI=1S/C18H17NO3/c20-16-12-11-15(18(21)22)17(13-7-3-1-4-8-13)19(16)14-9-5-2-6-10-14/h1-10,15,17H,11-12H2,(H,21,22)/t15-,17+/m1/s1. The summed E-state index contributed by atoms with van der Waals surface area (Å²) in [6.07, 6.45) is 0.631. The lowest BCUT2D eigenvalue weighted by atomic mass is 9.84. The summed E-state index contributed by atoms with van der Waals surface area (Å²) in [5.41, 5.74) is 1.60. The van der Waals surface area contributed by atoms with Gasteiger partial charge in [-0.15, -0.1) is 0 Å². The first-order valence-corrected chi connectivity index (χ1v) is 7.33. The van der Waals surface area contributed by atoms with Crippen molar-refractivity contribution in [2.45, 2.75) is 18.9 Å². The largest absolute Gasteiger partial charge is 0.481 e. The third-order valence-electron chi connectivity index (χ3n) is 4.09. The molecule has 3 rings (SSSR count). The maximum atomic E-state index is 12.5. The van der Waals surface area contributed by atoms with Crippen molar-refractivity contribution in [2.75, 3.05) is 4.90 Å². The number of para-hydroxylation sites is 1. The molecule has 112 valence electrons. The lowest BCUT2D eigenvalue weighted by Gasteiger charge is -2.39. The number of rotatable bonds is 3. The second-order valence-electron chi connectivity index (χ2n) is 5.44. The van der Waals surface area contributed by atoms with Crippen LogP contribution in [0.3, 0.4) is 0 Å². The zero-order valence-corrected chi connectivity index (χ0v) is 12.1. The van der Waals surface area contributed by atoms with Gasteiger partial charge in [-0.3, -0.25) is 9.59 Å². The number of carboxylic acids is 1. The Morgan fingerprint density at radius 1 is 1.00 bits per heavy atom. The Labute approximate surface area is 129 Å². The molecule has 0 saturated carbocycles. The summed E-state index contributed by atoms with van der Waals surface area (Å²) < 4.78 is 0. The zero-order valence-electron chi connectivity index (χ0n) is 12.1. The van der Waals surface area contributed by atoms with Gasteiger partial charge >= 0.3 is 5.97 Å². The van der Waals surface area contributed by atoms with Crippen LogP contribution in [0.1, 0.15) is 24.4 Å². The number of benzene rings is 2. The van der Waals surface area contributed by atoms with Crippen molar-refractivity contribution >= 4 is 17.6 Å². The lowest BCUT2D eigenvalue weighted by Crippen LogP contribution is -2.45. The third-order valence-corrected chi connectivity index (χ3v) is 4.09. The van der Waals surface area contributed by atoms with E-state index in [1.165, 1.54) is 0 Å². The van der Waals surface area contributed by atoms with E-state index in [2.05, 4.69) is 0 Å². The number of carbonyl (C=O) groups excluding carboxylic acids is 1. The van der Waals surface area contributed by atoms with Gasteiger partial charge in [0, 0.05) is 12.1 Å². The molecule has 0 aliphatic carbocycles. The molecule has 4 heteroatoms. The molecule has 0 radical (unpaired) electrons. The molecule has 0 bridgehead atoms. The van der Waals surface area contributed by atoms with E-state index in [0.29, 0.717) is 6.42 Å². The van der Waals surface area contributed by atoms with Gasteiger partial charge in [-0.25, -0.2) is 0 Å². The van der Waals surface area contributed by atoms with Gasteiger partial charge in [0.15, 0.2) is 0 Å². The minimum atomic E-state index is -0.859. The number of piperidine rings is 1. The number of carbonyl (C=O) groups is 2. The van der Waals surface area contributed by atoms with Gasteiger partial charge in [0.2, 0.25) is 5.91 Å². The summed E-state index contributed by atoms with van der Waals surface area (Å²) in [6, 6.07) is 18.2. The predicted octanol–water partition coefficient (Wildman–Crippen LogP) is 3.26. The highest BCUT2D eigenvalue weighted by atomic mass is 16.4. The highest BCUT2D eigenvalue weighted by Gasteiger charge is 2.41. The lowest BCUT2D eigenvalue weighted by molar-refractivity contribution is -0.144. The van der Waals surface area contributed by atoms with E-state index < -0.39 is 17.9 Å². The van der Waals surface area contributed by atoms with Crippen LogP contribution >= 0.6 is 0 Å². The van der Waals surface area contributed by atoms with Crippen LogP contribution < -0.4 is 4.90 Å². The molecule has 0 aromatic heterocycles. The second kappa shape index (κ2) is 6.02. The number of anilines is 1. The summed E-state index contributed by atoms with van der Waals surface area (Å²) in [6.45, 7) is 0. The number of nitrogens with zero attached hydrogens (tertiary/aromatic N) is 1. The van der Waals surface area contributed by atoms with Gasteiger partial charge in [0.25, 0.3) is 0 Å². The van der Waals surface area contributed by atoms with Crippen LogP contribution in [0, 0.1) is 5.92 Å². The molecule has 0 unspecified atom stereocenters. The van der Waals surface area contributed by atoms with Crippen LogP contribution in [0.2, 0.25) is 0 Å². The molecule has 1 amide bonds. The van der Waals surface area contributed by atoms with Gasteiger partial charge in [0.05, 0.1) is 12.0 Å². The van der Waals surface area contributed by atoms with Crippen molar-refractivity contribution in [3.8, 4) is 0 Å². The average molecular weight is 295 g/mol. The molecule has 1 heterocycles. The number of aliphatic carboxylic acids is 1. The van der Waals surface area contributed by atoms with Crippen LogP contribution in [0.4, 0.5) is 5.69 Å². The molecule has 0 spiro atoms. The third kappa shape index (κ3) is 2.60. The first-order valence-electron chi connectivity index (χ1n) is 7.33. The maximum absolute atomic E-state index is 12.5. The minimum Gasteiger partial charge on any atom is -0.481 e. The van der Waals surface area contributed by atoms with E-state index in [9.17, 15) is 14.7 Å². The van der Waals surface area contributed by atoms with E-state index in [-0.39, 0.29) is 12.3 Å². The Morgan fingerprint density at radius 2 is 1.59 bits per heavy atom. The van der Waals surface area contributed by atoms with Gasteiger partial charge in [-0.2, -0.15) is 0 Å². The fraction of sp³-hybridized carbons (Fsp3) is 0.222. The van der Waals surface area contributed by atoms with Crippen molar-refractivity contribution in [3.63, 3.8) is 0 Å². The van der Waals surface area contributed by atoms with Crippen LogP contribution in [0.25, 0.3) is 0 Å². The SMILES string of the molecule is O=C(O)[C@@H]1CCC(=O)N(c2ccccc2)[C@H]1c1ccccc1. The Kier molecular flexibility index (Phi) is 3.92. The van der Waals surface area contributed by atoms with Gasteiger partial charge in [-0.05, 0) is 24.1 Å². The molecule has 1 saturated heterocycles. The molecule has 1 aliphatic rings. The van der Waals surface area contributed by atoms with Gasteiger partial charge < -0.3 is 10.0 Å². The van der Waals surface area contributed by atoms with Crippen LogP contribution in [-0.2, 0) is 9.59 Å². The number of carboxylic acid groups (broad SMARTS) is 1. The first kappa shape index (κ1) is 14.3. The topological polar surface area (TPSA) is 57.6 Å². The summed E-state index contributed by atoms with van der Waals surface area (Å²) in [5.74, 6) is -1.49. The first-order chi connectivity index (χ1) is 10.7. The summed E-state index contributed by atoms with van der Waals surface area (Å²) in [5, 5.41) is 9.58. The van der Waals surface area contributed by atoms with E-state index >= 15 is 0 Å². The maximum Gasteiger partial charge on any atom is 0.308 e. The van der Waals surface area contributed by atoms with Crippen molar-refractivity contribution in [1.29, 1.82) is 0 Å². The molecular weight excluding hydrogens is 278 g/mol. The van der Waals surface area contributed by atoms with Crippen molar-refractivity contribution in [3.05, 3.63) is 66.2 Å². The van der Waals surface area contributed by atoms with Crippen molar-refractivity contribution in [1.82, 2.24) is 0 Å². The molecular formula is C18H17NO3. The molecule has 22 heavy (non-hydrogen) atoms. The quantitative estimate of drug-likeness (QED) is 0.945. The average Bonchev–Trinajstić information content (AvgIpc) is 2.56. The predicted molar refractivity (Wildman–Crippen MR) is 83.5 cm³/mol. The summed E-state index contributed by atoms with van der Waals surface area (Å²) in [4.78, 5) is 25.8. The van der Waals surface area contributed by atoms with E-state index in [4.69, 9.17) is 0 Å². The minimum absolute atomic E-state index is 0.0300. The molecule has 1 aliphatic heterocycles. The highest BCUT2D eigenvalue weighted by Crippen LogP contribution is 2.39. The Balaban J connectivity index is 2.10. The highest BCUT2D eigenvalue weighted by molar-refractivity contribution is 5.96. The van der Waals surface area contributed by atoms with E-state index in [1.807, 2.05) is 60.7 Å². The second-order valence-corrected chi connectivity index (χ2v) is 5.44. The Hall–Kier alpha value is -2.62. The molecule has 2 atom stereocenters. The number of hydrogen-bond acceptors (Lipinski definition) is 2. The molecule has 2 aromatic carbocycles. The van der Waals surface area contributed by atoms with Crippen molar-refractivity contribution < 1.29 is 14.7 Å². The molecule has 2 aromatic rings. The van der Waals surface area contributed by atoms with Gasteiger partial charge in [0.1, 0.15) is 0 Å². The number of hydrogen-bond donors (Lipinski definition) is 1. The van der Waals surface area contributed by atoms with Crippen LogP contribution in [0.5, 0.6) is 0 Å². The fourth-order valence-electron chi connectivity index (χ4n) is 3.08. The van der Waals surface area contributed by atoms with Crippen molar-refractivity contribution in [2.24, 2.45) is 5.92 Å². The van der Waals surface area contributed by atoms with E-state index in [1.54, 1.807) is 4.90 Å². The summed E-state index contributed by atoms with van der Waals surface area (Å²) in [7, 11) is 0. The smallest absolute Gasteiger partial charge is 0.308 e. The Morgan fingerprint density at radius 3 is 2.18 bits per heavy atom. The fourth-order valence-corrected chi connectivity index (χ4v) is 3.08. The summed E-state index contributed by atoms with van der Waals surface area (Å²) >= 11 is 0. The Bertz CT molecular complexity index is 669. The van der Waals surface area contributed by atoms with Crippen LogP contribution in [0.15, 0.2) is 60.7 Å². The van der Waals surface area contributed by atoms with Crippen LogP contribution in [-0.4, -0.2) is 17.0 Å². The number of amides is 1. The van der Waals surface area contributed by atoms with Gasteiger partial charge in [-0.1, -0.05) is 48.5 Å². The van der Waals surface area contributed by atoms with E-state index in [0.717, 1.165) is 11.3 Å². The normalized spacial score (nSPS) is 21.6. The zero-order chi connectivity index (χ0) is 15.5. The molecule has 1 fully saturated rings.